The van der Waals surface area contributed by atoms with Crippen LogP contribution in [0, 0.1) is 11.3 Å². The molecule has 6 nitrogen and oxygen atoms in total. The normalized spacial score (nSPS) is 11.7. The van der Waals surface area contributed by atoms with Crippen molar-refractivity contribution >= 4 is 15.9 Å². The van der Waals surface area contributed by atoms with Gasteiger partial charge in [0.25, 0.3) is 10.2 Å². The standard InChI is InChI=1S/C12H17N3O3S/c1-12(2,3)15-19(16,17)14-11-9(8-13)6-5-7-10(11)18-4/h5-7,14-15H,1-4H3. The number of para-hydroxylation sites is 1. The van der Waals surface area contributed by atoms with Gasteiger partial charge in [-0.3, -0.25) is 4.72 Å². The van der Waals surface area contributed by atoms with Crippen LogP contribution in [0.25, 0.3) is 0 Å². The van der Waals surface area contributed by atoms with E-state index in [1.54, 1.807) is 32.9 Å². The van der Waals surface area contributed by atoms with Crippen molar-refractivity contribution < 1.29 is 13.2 Å². The third-order valence-electron chi connectivity index (χ3n) is 2.04. The molecule has 0 amide bonds. The predicted octanol–water partition coefficient (Wildman–Crippen LogP) is 1.61. The fraction of sp³-hybridized carbons (Fsp3) is 0.417. The Bertz CT molecular complexity index is 598. The molecule has 0 aromatic heterocycles. The molecule has 0 aliphatic heterocycles. The molecule has 1 aromatic carbocycles. The van der Waals surface area contributed by atoms with Gasteiger partial charge in [-0.25, -0.2) is 0 Å². The van der Waals surface area contributed by atoms with E-state index in [2.05, 4.69) is 9.44 Å². The minimum Gasteiger partial charge on any atom is -0.495 e. The summed E-state index contributed by atoms with van der Waals surface area (Å²) in [6.07, 6.45) is 0. The fourth-order valence-corrected chi connectivity index (χ4v) is 2.80. The molecule has 1 rings (SSSR count). The summed E-state index contributed by atoms with van der Waals surface area (Å²) in [5.74, 6) is 0.290. The molecule has 0 spiro atoms. The molecule has 1 aromatic rings. The number of nitrogens with zero attached hydrogens (tertiary/aromatic N) is 1. The van der Waals surface area contributed by atoms with Crippen molar-refractivity contribution in [2.24, 2.45) is 0 Å². The zero-order valence-electron chi connectivity index (χ0n) is 11.3. The second-order valence-corrected chi connectivity index (χ2v) is 6.37. The largest absolute Gasteiger partial charge is 0.495 e. The molecule has 0 fully saturated rings. The topological polar surface area (TPSA) is 91.2 Å². The Morgan fingerprint density at radius 2 is 1.95 bits per heavy atom. The summed E-state index contributed by atoms with van der Waals surface area (Å²) in [5.41, 5.74) is -0.302. The van der Waals surface area contributed by atoms with Crippen molar-refractivity contribution in [2.75, 3.05) is 11.8 Å². The van der Waals surface area contributed by atoms with E-state index in [9.17, 15) is 8.42 Å². The van der Waals surface area contributed by atoms with Crippen LogP contribution in [0.2, 0.25) is 0 Å². The Hall–Kier alpha value is -1.78. The third-order valence-corrected chi connectivity index (χ3v) is 3.40. The molecular formula is C12H17N3O3S. The highest BCUT2D eigenvalue weighted by molar-refractivity contribution is 7.90. The monoisotopic (exact) mass is 283 g/mol. The van der Waals surface area contributed by atoms with Gasteiger partial charge >= 0.3 is 0 Å². The molecule has 0 bridgehead atoms. The van der Waals surface area contributed by atoms with Gasteiger partial charge in [0, 0.05) is 5.54 Å². The van der Waals surface area contributed by atoms with E-state index in [0.717, 1.165) is 0 Å². The Kier molecular flexibility index (Phi) is 4.39. The lowest BCUT2D eigenvalue weighted by Crippen LogP contribution is -2.43. The van der Waals surface area contributed by atoms with Crippen molar-refractivity contribution in [3.8, 4) is 11.8 Å². The maximum Gasteiger partial charge on any atom is 0.299 e. The molecule has 0 heterocycles. The number of benzene rings is 1. The quantitative estimate of drug-likeness (QED) is 0.878. The molecule has 0 unspecified atom stereocenters. The molecule has 7 heteroatoms. The average Bonchev–Trinajstić information content (AvgIpc) is 2.25. The number of ether oxygens (including phenoxy) is 1. The minimum atomic E-state index is -3.79. The summed E-state index contributed by atoms with van der Waals surface area (Å²) in [7, 11) is -2.38. The lowest BCUT2D eigenvalue weighted by atomic mass is 10.1. The van der Waals surface area contributed by atoms with Crippen LogP contribution in [-0.2, 0) is 10.2 Å². The molecule has 0 aliphatic rings. The van der Waals surface area contributed by atoms with Crippen molar-refractivity contribution in [3.05, 3.63) is 23.8 Å². The number of rotatable bonds is 4. The Balaban J connectivity index is 3.16. The summed E-state index contributed by atoms with van der Waals surface area (Å²) in [6.45, 7) is 5.17. The Morgan fingerprint density at radius 1 is 1.32 bits per heavy atom. The van der Waals surface area contributed by atoms with Gasteiger partial charge in [0.15, 0.2) is 0 Å². The van der Waals surface area contributed by atoms with Gasteiger partial charge in [-0.1, -0.05) is 6.07 Å². The van der Waals surface area contributed by atoms with Crippen molar-refractivity contribution in [1.29, 1.82) is 5.26 Å². The fourth-order valence-electron chi connectivity index (χ4n) is 1.46. The number of anilines is 1. The zero-order valence-corrected chi connectivity index (χ0v) is 12.1. The zero-order chi connectivity index (χ0) is 14.7. The molecule has 19 heavy (non-hydrogen) atoms. The number of methoxy groups -OCH3 is 1. The number of hydrogen-bond acceptors (Lipinski definition) is 4. The molecule has 0 atom stereocenters. The lowest BCUT2D eigenvalue weighted by molar-refractivity contribution is 0.416. The van der Waals surface area contributed by atoms with Crippen molar-refractivity contribution in [1.82, 2.24) is 4.72 Å². The molecule has 2 N–H and O–H groups in total. The molecule has 104 valence electrons. The van der Waals surface area contributed by atoms with Crippen LogP contribution in [0.5, 0.6) is 5.75 Å². The summed E-state index contributed by atoms with van der Waals surface area (Å²) in [5, 5.41) is 9.01. The minimum absolute atomic E-state index is 0.129. The SMILES string of the molecule is COc1cccc(C#N)c1NS(=O)(=O)NC(C)(C)C. The Labute approximate surface area is 113 Å². The van der Waals surface area contributed by atoms with E-state index in [0.29, 0.717) is 5.75 Å². The van der Waals surface area contributed by atoms with E-state index in [1.807, 2.05) is 6.07 Å². The van der Waals surface area contributed by atoms with Crippen LogP contribution in [0.4, 0.5) is 5.69 Å². The van der Waals surface area contributed by atoms with E-state index in [4.69, 9.17) is 10.00 Å². The molecule has 0 saturated heterocycles. The Morgan fingerprint density at radius 3 is 2.42 bits per heavy atom. The van der Waals surface area contributed by atoms with E-state index < -0.39 is 15.7 Å². The highest BCUT2D eigenvalue weighted by Crippen LogP contribution is 2.28. The van der Waals surface area contributed by atoms with Crippen LogP contribution in [0.15, 0.2) is 18.2 Å². The van der Waals surface area contributed by atoms with Gasteiger partial charge < -0.3 is 4.74 Å². The van der Waals surface area contributed by atoms with Gasteiger partial charge in [0.2, 0.25) is 0 Å². The second-order valence-electron chi connectivity index (χ2n) is 4.95. The molecular weight excluding hydrogens is 266 g/mol. The lowest BCUT2D eigenvalue weighted by Gasteiger charge is -2.21. The summed E-state index contributed by atoms with van der Waals surface area (Å²) in [6, 6.07) is 6.63. The molecule has 0 aliphatic carbocycles. The van der Waals surface area contributed by atoms with Crippen molar-refractivity contribution in [3.63, 3.8) is 0 Å². The van der Waals surface area contributed by atoms with E-state index in [1.165, 1.54) is 13.2 Å². The van der Waals surface area contributed by atoms with E-state index in [-0.39, 0.29) is 11.3 Å². The summed E-state index contributed by atoms with van der Waals surface area (Å²) in [4.78, 5) is 0. The third kappa shape index (κ3) is 4.43. The number of nitriles is 1. The van der Waals surface area contributed by atoms with Crippen LogP contribution in [0.3, 0.4) is 0 Å². The van der Waals surface area contributed by atoms with Gasteiger partial charge in [-0.15, -0.1) is 0 Å². The van der Waals surface area contributed by atoms with Crippen molar-refractivity contribution in [2.45, 2.75) is 26.3 Å². The molecule has 0 saturated carbocycles. The maximum atomic E-state index is 12.0. The average molecular weight is 283 g/mol. The van der Waals surface area contributed by atoms with E-state index >= 15 is 0 Å². The van der Waals surface area contributed by atoms with Crippen LogP contribution in [0.1, 0.15) is 26.3 Å². The first-order valence-corrected chi connectivity index (χ1v) is 7.05. The first-order chi connectivity index (χ1) is 8.68. The van der Waals surface area contributed by atoms with Gasteiger partial charge in [-0.2, -0.15) is 18.4 Å². The number of hydrogen-bond donors (Lipinski definition) is 2. The predicted molar refractivity (Wildman–Crippen MR) is 73.1 cm³/mol. The maximum absolute atomic E-state index is 12.0. The summed E-state index contributed by atoms with van der Waals surface area (Å²) < 4.78 is 33.8. The van der Waals surface area contributed by atoms with Crippen LogP contribution >= 0.6 is 0 Å². The van der Waals surface area contributed by atoms with Crippen LogP contribution in [-0.4, -0.2) is 21.1 Å². The highest BCUT2D eigenvalue weighted by atomic mass is 32.2. The van der Waals surface area contributed by atoms with Gasteiger partial charge in [-0.05, 0) is 32.9 Å². The van der Waals surface area contributed by atoms with Crippen LogP contribution < -0.4 is 14.2 Å². The smallest absolute Gasteiger partial charge is 0.299 e. The first-order valence-electron chi connectivity index (χ1n) is 5.57. The second kappa shape index (κ2) is 5.47. The highest BCUT2D eigenvalue weighted by Gasteiger charge is 2.22. The first kappa shape index (κ1) is 15.3. The molecule has 0 radical (unpaired) electrons. The van der Waals surface area contributed by atoms with Gasteiger partial charge in [0.1, 0.15) is 17.5 Å². The summed E-state index contributed by atoms with van der Waals surface area (Å²) >= 11 is 0. The number of nitrogens with one attached hydrogen (secondary N) is 2. The van der Waals surface area contributed by atoms with Gasteiger partial charge in [0.05, 0.1) is 12.7 Å².